The maximum Gasteiger partial charge on any atom is 0.306 e. The van der Waals surface area contributed by atoms with Crippen molar-refractivity contribution >= 4 is 11.6 Å². The summed E-state index contributed by atoms with van der Waals surface area (Å²) in [5.41, 5.74) is -0.0971. The fourth-order valence-corrected chi connectivity index (χ4v) is 2.04. The van der Waals surface area contributed by atoms with Crippen LogP contribution in [0.15, 0.2) is 12.4 Å². The molecule has 0 saturated carbocycles. The highest BCUT2D eigenvalue weighted by Crippen LogP contribution is 2.08. The number of nitrogens with one attached hydrogen (secondary N) is 2. The van der Waals surface area contributed by atoms with Crippen LogP contribution in [-0.4, -0.2) is 51.0 Å². The Balaban J connectivity index is 1.73. The van der Waals surface area contributed by atoms with Gasteiger partial charge in [0, 0.05) is 25.6 Å². The van der Waals surface area contributed by atoms with Crippen LogP contribution in [-0.2, 0) is 11.3 Å². The van der Waals surface area contributed by atoms with Gasteiger partial charge in [-0.25, -0.2) is 0 Å². The number of aromatic nitrogens is 2. The largest absolute Gasteiger partial charge is 0.390 e. The second-order valence-corrected chi connectivity index (χ2v) is 4.78. The molecule has 1 aliphatic rings. The third-order valence-corrected chi connectivity index (χ3v) is 3.14. The van der Waals surface area contributed by atoms with Gasteiger partial charge >= 0.3 is 5.69 Å². The Morgan fingerprint density at radius 3 is 3.10 bits per heavy atom. The summed E-state index contributed by atoms with van der Waals surface area (Å²) in [6.45, 7) is 1.08. The Labute approximate surface area is 115 Å². The molecule has 0 aromatic carbocycles. The van der Waals surface area contributed by atoms with Gasteiger partial charge in [-0.3, -0.25) is 19.6 Å². The lowest BCUT2D eigenvalue weighted by Gasteiger charge is -2.24. The lowest BCUT2D eigenvalue weighted by Crippen LogP contribution is -2.48. The number of aliphatic hydroxyl groups is 1. The van der Waals surface area contributed by atoms with Gasteiger partial charge in [-0.15, -0.1) is 0 Å². The Morgan fingerprint density at radius 2 is 2.50 bits per heavy atom. The SMILES string of the molecule is O=C1CCC(NCC(O)Cn2cc([N+](=O)[O-])cn2)CN1. The smallest absolute Gasteiger partial charge is 0.306 e. The van der Waals surface area contributed by atoms with E-state index in [1.165, 1.54) is 10.9 Å². The topological polar surface area (TPSA) is 122 Å². The van der Waals surface area contributed by atoms with Crippen LogP contribution in [0.4, 0.5) is 5.69 Å². The van der Waals surface area contributed by atoms with Gasteiger partial charge in [0.25, 0.3) is 0 Å². The fourth-order valence-electron chi connectivity index (χ4n) is 2.04. The van der Waals surface area contributed by atoms with Crippen LogP contribution in [0.2, 0.25) is 0 Å². The average Bonchev–Trinajstić information content (AvgIpc) is 2.87. The number of aliphatic hydroxyl groups excluding tert-OH is 1. The molecular weight excluding hydrogens is 266 g/mol. The minimum absolute atomic E-state index is 0.0486. The van der Waals surface area contributed by atoms with Gasteiger partial charge in [0.1, 0.15) is 12.4 Å². The van der Waals surface area contributed by atoms with E-state index in [1.807, 2.05) is 0 Å². The fraction of sp³-hybridized carbons (Fsp3) is 0.636. The van der Waals surface area contributed by atoms with Crippen molar-refractivity contribution in [3.63, 3.8) is 0 Å². The molecule has 1 aromatic rings. The van der Waals surface area contributed by atoms with E-state index in [-0.39, 0.29) is 24.2 Å². The van der Waals surface area contributed by atoms with Gasteiger partial charge in [-0.2, -0.15) is 5.10 Å². The van der Waals surface area contributed by atoms with Crippen molar-refractivity contribution < 1.29 is 14.8 Å². The summed E-state index contributed by atoms with van der Waals surface area (Å²) in [5.74, 6) is 0.0486. The predicted octanol–water partition coefficient (Wildman–Crippen LogP) is -0.980. The van der Waals surface area contributed by atoms with Crippen molar-refractivity contribution in [1.29, 1.82) is 0 Å². The molecule has 1 aliphatic heterocycles. The van der Waals surface area contributed by atoms with Gasteiger partial charge < -0.3 is 15.7 Å². The summed E-state index contributed by atoms with van der Waals surface area (Å²) >= 11 is 0. The molecule has 2 unspecified atom stereocenters. The van der Waals surface area contributed by atoms with E-state index >= 15 is 0 Å². The Morgan fingerprint density at radius 1 is 1.70 bits per heavy atom. The molecule has 2 heterocycles. The minimum atomic E-state index is -0.702. The summed E-state index contributed by atoms with van der Waals surface area (Å²) in [6, 6.07) is 0.148. The molecular formula is C11H17N5O4. The van der Waals surface area contributed by atoms with Crippen LogP contribution in [0.25, 0.3) is 0 Å². The van der Waals surface area contributed by atoms with Crippen LogP contribution >= 0.6 is 0 Å². The number of piperidine rings is 1. The molecule has 0 radical (unpaired) electrons. The number of carbonyl (C=O) groups excluding carboxylic acids is 1. The number of hydrogen-bond acceptors (Lipinski definition) is 6. The molecule has 3 N–H and O–H groups in total. The molecule has 9 nitrogen and oxygen atoms in total. The average molecular weight is 283 g/mol. The van der Waals surface area contributed by atoms with E-state index in [1.54, 1.807) is 0 Å². The molecule has 1 fully saturated rings. The van der Waals surface area contributed by atoms with Gasteiger partial charge in [0.05, 0.1) is 17.6 Å². The van der Waals surface area contributed by atoms with E-state index in [0.29, 0.717) is 19.5 Å². The zero-order chi connectivity index (χ0) is 14.5. The summed E-state index contributed by atoms with van der Waals surface area (Å²) in [6.07, 6.45) is 2.96. The molecule has 0 aliphatic carbocycles. The van der Waals surface area contributed by atoms with Crippen LogP contribution in [0, 0.1) is 10.1 Å². The van der Waals surface area contributed by atoms with Crippen molar-refractivity contribution in [2.45, 2.75) is 31.5 Å². The second-order valence-electron chi connectivity index (χ2n) is 4.78. The highest BCUT2D eigenvalue weighted by Gasteiger charge is 2.18. The molecule has 0 spiro atoms. The third-order valence-electron chi connectivity index (χ3n) is 3.14. The third kappa shape index (κ3) is 4.00. The normalized spacial score (nSPS) is 20.4. The van der Waals surface area contributed by atoms with Crippen LogP contribution < -0.4 is 10.6 Å². The molecule has 0 bridgehead atoms. The molecule has 1 amide bonds. The number of carbonyl (C=O) groups is 1. The molecule has 1 saturated heterocycles. The van der Waals surface area contributed by atoms with Crippen LogP contribution in [0.1, 0.15) is 12.8 Å². The number of amides is 1. The first-order chi connectivity index (χ1) is 9.54. The summed E-state index contributed by atoms with van der Waals surface area (Å²) < 4.78 is 1.34. The summed E-state index contributed by atoms with van der Waals surface area (Å²) in [5, 5.41) is 30.1. The maximum absolute atomic E-state index is 11.0. The number of nitrogens with zero attached hydrogens (tertiary/aromatic N) is 3. The van der Waals surface area contributed by atoms with E-state index in [9.17, 15) is 20.0 Å². The molecule has 110 valence electrons. The Bertz CT molecular complexity index is 479. The van der Waals surface area contributed by atoms with Gasteiger partial charge in [0.15, 0.2) is 0 Å². The quantitative estimate of drug-likeness (QED) is 0.455. The van der Waals surface area contributed by atoms with Crippen molar-refractivity contribution in [1.82, 2.24) is 20.4 Å². The first kappa shape index (κ1) is 14.4. The maximum atomic E-state index is 11.0. The molecule has 20 heavy (non-hydrogen) atoms. The summed E-state index contributed by atoms with van der Waals surface area (Å²) in [7, 11) is 0. The van der Waals surface area contributed by atoms with Gasteiger partial charge in [-0.1, -0.05) is 0 Å². The molecule has 1 aromatic heterocycles. The van der Waals surface area contributed by atoms with E-state index in [0.717, 1.165) is 12.6 Å². The highest BCUT2D eigenvalue weighted by atomic mass is 16.6. The monoisotopic (exact) mass is 283 g/mol. The predicted molar refractivity (Wildman–Crippen MR) is 68.9 cm³/mol. The molecule has 2 atom stereocenters. The van der Waals surface area contributed by atoms with E-state index in [4.69, 9.17) is 0 Å². The lowest BCUT2D eigenvalue weighted by atomic mass is 10.1. The molecule has 9 heteroatoms. The first-order valence-corrected chi connectivity index (χ1v) is 6.39. The van der Waals surface area contributed by atoms with Crippen molar-refractivity contribution in [2.75, 3.05) is 13.1 Å². The van der Waals surface area contributed by atoms with Crippen molar-refractivity contribution in [3.05, 3.63) is 22.5 Å². The van der Waals surface area contributed by atoms with Crippen LogP contribution in [0.5, 0.6) is 0 Å². The molecule has 2 rings (SSSR count). The van der Waals surface area contributed by atoms with E-state index < -0.39 is 11.0 Å². The zero-order valence-electron chi connectivity index (χ0n) is 10.9. The second kappa shape index (κ2) is 6.44. The minimum Gasteiger partial charge on any atom is -0.390 e. The number of nitro groups is 1. The zero-order valence-corrected chi connectivity index (χ0v) is 10.9. The van der Waals surface area contributed by atoms with Crippen LogP contribution in [0.3, 0.4) is 0 Å². The Hall–Kier alpha value is -2.00. The van der Waals surface area contributed by atoms with Gasteiger partial charge in [-0.05, 0) is 6.42 Å². The van der Waals surface area contributed by atoms with Crippen molar-refractivity contribution in [3.8, 4) is 0 Å². The first-order valence-electron chi connectivity index (χ1n) is 6.39. The standard InChI is InChI=1S/C11H17N5O4/c17-10(5-12-8-1-2-11(18)13-3-8)7-15-6-9(4-14-15)16(19)20/h4,6,8,10,12,17H,1-3,5,7H2,(H,13,18). The number of hydrogen-bond donors (Lipinski definition) is 3. The van der Waals surface area contributed by atoms with E-state index in [2.05, 4.69) is 15.7 Å². The summed E-state index contributed by atoms with van der Waals surface area (Å²) in [4.78, 5) is 21.0. The van der Waals surface area contributed by atoms with Gasteiger partial charge in [0.2, 0.25) is 5.91 Å². The lowest BCUT2D eigenvalue weighted by molar-refractivity contribution is -0.385. The van der Waals surface area contributed by atoms with Crippen molar-refractivity contribution in [2.24, 2.45) is 0 Å². The Kier molecular flexibility index (Phi) is 4.64. The highest BCUT2D eigenvalue weighted by molar-refractivity contribution is 5.76. The number of rotatable bonds is 6.